The average Bonchev–Trinajstić information content (AvgIpc) is 3.18. The quantitative estimate of drug-likeness (QED) is 0.485. The first kappa shape index (κ1) is 21.1. The molecule has 0 radical (unpaired) electrons. The predicted octanol–water partition coefficient (Wildman–Crippen LogP) is 4.34. The largest absolute Gasteiger partial charge is 0.489 e. The number of fused-ring (bicyclic) bond motifs is 1. The second kappa shape index (κ2) is 9.36. The standard InChI is InChI=1S/C27H28N4O2/c1-20-23(18-27(32)31-15-13-30(14-16-31)26-9-5-6-12-28-26)24-17-22(10-11-25(24)29-20)33-19-21-7-3-2-4-8-21/h2-12,17,29H,13-16,18-19H2,1H3. The van der Waals surface area contributed by atoms with Gasteiger partial charge < -0.3 is 19.5 Å². The Morgan fingerprint density at radius 2 is 1.79 bits per heavy atom. The normalized spacial score (nSPS) is 14.0. The van der Waals surface area contributed by atoms with Crippen LogP contribution in [0.25, 0.3) is 10.9 Å². The van der Waals surface area contributed by atoms with Gasteiger partial charge in [-0.05, 0) is 48.4 Å². The van der Waals surface area contributed by atoms with Gasteiger partial charge in [0.2, 0.25) is 5.91 Å². The fourth-order valence-electron chi connectivity index (χ4n) is 4.41. The van der Waals surface area contributed by atoms with E-state index in [0.717, 1.165) is 52.4 Å². The number of amides is 1. The van der Waals surface area contributed by atoms with Crippen LogP contribution in [-0.4, -0.2) is 47.0 Å². The van der Waals surface area contributed by atoms with E-state index in [1.54, 1.807) is 0 Å². The molecule has 33 heavy (non-hydrogen) atoms. The highest BCUT2D eigenvalue weighted by Crippen LogP contribution is 2.28. The van der Waals surface area contributed by atoms with Crippen molar-refractivity contribution >= 4 is 22.6 Å². The van der Waals surface area contributed by atoms with Gasteiger partial charge in [0.05, 0.1) is 6.42 Å². The summed E-state index contributed by atoms with van der Waals surface area (Å²) < 4.78 is 6.02. The maximum Gasteiger partial charge on any atom is 0.227 e. The number of carbonyl (C=O) groups is 1. The number of benzene rings is 2. The number of nitrogens with zero attached hydrogens (tertiary/aromatic N) is 3. The monoisotopic (exact) mass is 440 g/mol. The molecule has 0 atom stereocenters. The van der Waals surface area contributed by atoms with Crippen molar-refractivity contribution in [3.63, 3.8) is 0 Å². The Labute approximate surface area is 193 Å². The summed E-state index contributed by atoms with van der Waals surface area (Å²) in [6.07, 6.45) is 2.20. The Morgan fingerprint density at radius 3 is 2.55 bits per heavy atom. The second-order valence-electron chi connectivity index (χ2n) is 8.44. The fraction of sp³-hybridized carbons (Fsp3) is 0.259. The lowest BCUT2D eigenvalue weighted by atomic mass is 10.1. The van der Waals surface area contributed by atoms with Crippen LogP contribution in [0, 0.1) is 6.92 Å². The second-order valence-corrected chi connectivity index (χ2v) is 8.44. The summed E-state index contributed by atoms with van der Waals surface area (Å²) in [4.78, 5) is 25.2. The van der Waals surface area contributed by atoms with Crippen molar-refractivity contribution < 1.29 is 9.53 Å². The minimum Gasteiger partial charge on any atom is -0.489 e. The third kappa shape index (κ3) is 4.70. The number of ether oxygens (including phenoxy) is 1. The molecule has 168 valence electrons. The van der Waals surface area contributed by atoms with Crippen molar-refractivity contribution in [2.45, 2.75) is 20.0 Å². The molecule has 2 aromatic carbocycles. The van der Waals surface area contributed by atoms with Gasteiger partial charge in [-0.2, -0.15) is 0 Å². The molecule has 6 heteroatoms. The molecule has 0 saturated carbocycles. The van der Waals surface area contributed by atoms with Crippen LogP contribution in [0.2, 0.25) is 0 Å². The molecule has 1 fully saturated rings. The number of anilines is 1. The van der Waals surface area contributed by atoms with Crippen molar-refractivity contribution in [3.8, 4) is 5.75 Å². The number of pyridine rings is 1. The molecule has 1 aliphatic heterocycles. The third-order valence-electron chi connectivity index (χ3n) is 6.27. The zero-order chi connectivity index (χ0) is 22.6. The van der Waals surface area contributed by atoms with Crippen LogP contribution in [0.1, 0.15) is 16.8 Å². The van der Waals surface area contributed by atoms with E-state index in [1.165, 1.54) is 0 Å². The Morgan fingerprint density at radius 1 is 1.00 bits per heavy atom. The summed E-state index contributed by atoms with van der Waals surface area (Å²) in [7, 11) is 0. The van der Waals surface area contributed by atoms with Gasteiger partial charge >= 0.3 is 0 Å². The fourth-order valence-corrected chi connectivity index (χ4v) is 4.41. The Hall–Kier alpha value is -3.80. The molecule has 0 aliphatic carbocycles. The zero-order valence-electron chi connectivity index (χ0n) is 18.8. The van der Waals surface area contributed by atoms with E-state index in [2.05, 4.69) is 27.0 Å². The van der Waals surface area contributed by atoms with Crippen molar-refractivity contribution in [3.05, 3.63) is 89.7 Å². The number of aromatic amines is 1. The molecule has 1 saturated heterocycles. The lowest BCUT2D eigenvalue weighted by molar-refractivity contribution is -0.130. The molecule has 1 N–H and O–H groups in total. The number of aryl methyl sites for hydroxylation is 1. The minimum absolute atomic E-state index is 0.162. The lowest BCUT2D eigenvalue weighted by Gasteiger charge is -2.35. The van der Waals surface area contributed by atoms with E-state index >= 15 is 0 Å². The number of piperazine rings is 1. The lowest BCUT2D eigenvalue weighted by Crippen LogP contribution is -2.49. The van der Waals surface area contributed by atoms with Gasteiger partial charge in [-0.15, -0.1) is 0 Å². The van der Waals surface area contributed by atoms with E-state index in [0.29, 0.717) is 26.1 Å². The number of H-pyrrole nitrogens is 1. The van der Waals surface area contributed by atoms with Crippen LogP contribution in [0.4, 0.5) is 5.82 Å². The first-order chi connectivity index (χ1) is 16.2. The molecule has 4 aromatic rings. The van der Waals surface area contributed by atoms with Gasteiger partial charge in [0.15, 0.2) is 0 Å². The molecular weight excluding hydrogens is 412 g/mol. The van der Waals surface area contributed by atoms with Crippen molar-refractivity contribution in [2.75, 3.05) is 31.1 Å². The van der Waals surface area contributed by atoms with E-state index in [9.17, 15) is 4.79 Å². The Balaban J connectivity index is 1.26. The van der Waals surface area contributed by atoms with Crippen molar-refractivity contribution in [2.24, 2.45) is 0 Å². The highest BCUT2D eigenvalue weighted by molar-refractivity contribution is 5.91. The Bertz CT molecular complexity index is 1230. The molecule has 5 rings (SSSR count). The highest BCUT2D eigenvalue weighted by Gasteiger charge is 2.23. The van der Waals surface area contributed by atoms with Crippen LogP contribution >= 0.6 is 0 Å². The molecule has 1 amide bonds. The number of carbonyl (C=O) groups excluding carboxylic acids is 1. The molecule has 3 heterocycles. The van der Waals surface area contributed by atoms with Gasteiger partial charge in [-0.3, -0.25) is 4.79 Å². The number of nitrogens with one attached hydrogen (secondary N) is 1. The number of hydrogen-bond acceptors (Lipinski definition) is 4. The first-order valence-corrected chi connectivity index (χ1v) is 11.4. The smallest absolute Gasteiger partial charge is 0.227 e. The summed E-state index contributed by atoms with van der Waals surface area (Å²) in [5.41, 5.74) is 4.24. The predicted molar refractivity (Wildman–Crippen MR) is 131 cm³/mol. The van der Waals surface area contributed by atoms with E-state index in [1.807, 2.05) is 72.6 Å². The molecule has 0 unspecified atom stereocenters. The van der Waals surface area contributed by atoms with Gasteiger partial charge in [0.1, 0.15) is 18.2 Å². The summed E-state index contributed by atoms with van der Waals surface area (Å²) in [5, 5.41) is 1.05. The molecule has 0 spiro atoms. The number of aromatic nitrogens is 2. The van der Waals surface area contributed by atoms with Crippen molar-refractivity contribution in [1.29, 1.82) is 0 Å². The van der Waals surface area contributed by atoms with Gasteiger partial charge in [0.25, 0.3) is 0 Å². The highest BCUT2D eigenvalue weighted by atomic mass is 16.5. The number of hydrogen-bond donors (Lipinski definition) is 1. The first-order valence-electron chi connectivity index (χ1n) is 11.4. The summed E-state index contributed by atoms with van der Waals surface area (Å²) >= 11 is 0. The zero-order valence-corrected chi connectivity index (χ0v) is 18.8. The van der Waals surface area contributed by atoms with Gasteiger partial charge in [-0.1, -0.05) is 36.4 Å². The summed E-state index contributed by atoms with van der Waals surface area (Å²) in [6, 6.07) is 22.1. The van der Waals surface area contributed by atoms with E-state index < -0.39 is 0 Å². The maximum atomic E-state index is 13.1. The molecule has 1 aliphatic rings. The maximum absolute atomic E-state index is 13.1. The van der Waals surface area contributed by atoms with Crippen LogP contribution in [0.5, 0.6) is 5.75 Å². The van der Waals surface area contributed by atoms with Gasteiger partial charge in [-0.25, -0.2) is 4.98 Å². The van der Waals surface area contributed by atoms with Crippen LogP contribution in [-0.2, 0) is 17.8 Å². The Kier molecular flexibility index (Phi) is 5.98. The van der Waals surface area contributed by atoms with E-state index in [-0.39, 0.29) is 5.91 Å². The molecule has 6 nitrogen and oxygen atoms in total. The molecular formula is C27H28N4O2. The summed E-state index contributed by atoms with van der Waals surface area (Å²) in [6.45, 7) is 5.57. The minimum atomic E-state index is 0.162. The van der Waals surface area contributed by atoms with Crippen LogP contribution < -0.4 is 9.64 Å². The number of rotatable bonds is 6. The van der Waals surface area contributed by atoms with Crippen molar-refractivity contribution in [1.82, 2.24) is 14.9 Å². The van der Waals surface area contributed by atoms with Gasteiger partial charge in [0, 0.05) is 49.0 Å². The third-order valence-corrected chi connectivity index (χ3v) is 6.27. The van der Waals surface area contributed by atoms with Crippen LogP contribution in [0.3, 0.4) is 0 Å². The molecule has 2 aromatic heterocycles. The average molecular weight is 441 g/mol. The van der Waals surface area contributed by atoms with Crippen LogP contribution in [0.15, 0.2) is 72.9 Å². The van der Waals surface area contributed by atoms with E-state index in [4.69, 9.17) is 4.74 Å². The molecule has 0 bridgehead atoms. The summed E-state index contributed by atoms with van der Waals surface area (Å²) in [5.74, 6) is 1.94. The SMILES string of the molecule is Cc1[nH]c2ccc(OCc3ccccc3)cc2c1CC(=O)N1CCN(c2ccccn2)CC1. The topological polar surface area (TPSA) is 61.5 Å².